The second-order valence-electron chi connectivity index (χ2n) is 14.4. The van der Waals surface area contributed by atoms with Crippen LogP contribution in [0.5, 0.6) is 0 Å². The van der Waals surface area contributed by atoms with Gasteiger partial charge in [0, 0.05) is 12.5 Å². The van der Waals surface area contributed by atoms with Gasteiger partial charge in [-0.1, -0.05) is 110 Å². The molecular weight excluding hydrogens is 580 g/mol. The van der Waals surface area contributed by atoms with Crippen molar-refractivity contribution in [3.8, 4) is 0 Å². The zero-order chi connectivity index (χ0) is 33.0. The van der Waals surface area contributed by atoms with E-state index < -0.39 is 6.10 Å². The van der Waals surface area contributed by atoms with Gasteiger partial charge < -0.3 is 24.1 Å². The lowest BCUT2D eigenvalue weighted by Gasteiger charge is -2.26. The summed E-state index contributed by atoms with van der Waals surface area (Å²) in [4.78, 5) is 23.5. The molecule has 7 atom stereocenters. The average molecular weight is 649 g/mol. The molecule has 2 saturated heterocycles. The predicted molar refractivity (Wildman–Crippen MR) is 184 cm³/mol. The van der Waals surface area contributed by atoms with Crippen molar-refractivity contribution in [2.75, 3.05) is 0 Å². The minimum atomic E-state index is -0.400. The zero-order valence-electron chi connectivity index (χ0n) is 29.7. The largest absolute Gasteiger partial charge is 0.460 e. The first-order valence-electron chi connectivity index (χ1n) is 19.4. The number of aliphatic hydroxyl groups excluding tert-OH is 1. The Labute approximate surface area is 280 Å². The number of unbranched alkanes of at least 4 members (excludes halogenated alkanes) is 16. The average Bonchev–Trinajstić information content (AvgIpc) is 3.78. The molecule has 0 radical (unpaired) electrons. The summed E-state index contributed by atoms with van der Waals surface area (Å²) in [5.41, 5.74) is 0.864. The van der Waals surface area contributed by atoms with E-state index in [1.807, 2.05) is 13.0 Å². The summed E-state index contributed by atoms with van der Waals surface area (Å²) in [7, 11) is 0. The SMILES string of the molecule is CCCCCCCCCC[C@@H](OC(C)=O)[C@H]1CCC([C@H]2CC[C@H]([C@H](O)CCCCCCCCCCCCC3=CC(C)OC3=O)O2)O1. The maximum absolute atomic E-state index is 11.8. The second kappa shape index (κ2) is 23.0. The van der Waals surface area contributed by atoms with Crippen molar-refractivity contribution in [3.63, 3.8) is 0 Å². The van der Waals surface area contributed by atoms with Gasteiger partial charge in [-0.25, -0.2) is 4.79 Å². The van der Waals surface area contributed by atoms with Gasteiger partial charge in [0.15, 0.2) is 0 Å². The summed E-state index contributed by atoms with van der Waals surface area (Å²) < 4.78 is 23.7. The molecule has 266 valence electrons. The van der Waals surface area contributed by atoms with Crippen LogP contribution in [0.15, 0.2) is 11.6 Å². The molecule has 1 N–H and O–H groups in total. The van der Waals surface area contributed by atoms with Gasteiger partial charge >= 0.3 is 11.9 Å². The number of rotatable bonds is 26. The molecule has 0 amide bonds. The lowest BCUT2D eigenvalue weighted by Crippen LogP contribution is -2.34. The van der Waals surface area contributed by atoms with Crippen LogP contribution in [-0.4, -0.2) is 59.8 Å². The molecule has 0 aromatic rings. The third-order valence-electron chi connectivity index (χ3n) is 10.3. The number of hydrogen-bond donors (Lipinski definition) is 1. The van der Waals surface area contributed by atoms with Crippen LogP contribution in [0.25, 0.3) is 0 Å². The molecule has 3 rings (SSSR count). The van der Waals surface area contributed by atoms with Crippen LogP contribution in [0, 0.1) is 0 Å². The van der Waals surface area contributed by atoms with Gasteiger partial charge in [0.2, 0.25) is 0 Å². The van der Waals surface area contributed by atoms with E-state index in [9.17, 15) is 14.7 Å². The standard InChI is InChI=1S/C39H68O7/c1-4-5-6-7-8-15-18-21-24-35(44-31(3)40)36-27-28-38(46-36)37-26-25-34(45-37)33(41)23-20-17-14-12-10-9-11-13-16-19-22-32-29-30(2)43-39(32)42/h29-30,33-38,41H,4-28H2,1-3H3/t30?,33-,34-,35-,36-,37-,38?/m1/s1. The van der Waals surface area contributed by atoms with Gasteiger partial charge in [-0.15, -0.1) is 0 Å². The van der Waals surface area contributed by atoms with Crippen molar-refractivity contribution in [3.05, 3.63) is 11.6 Å². The molecule has 7 heteroatoms. The summed E-state index contributed by atoms with van der Waals surface area (Å²) in [6, 6.07) is 0. The number of cyclic esters (lactones) is 1. The fraction of sp³-hybridized carbons (Fsp3) is 0.897. The smallest absolute Gasteiger partial charge is 0.334 e. The Hall–Kier alpha value is -1.44. The van der Waals surface area contributed by atoms with Crippen LogP contribution in [0.2, 0.25) is 0 Å². The third-order valence-corrected chi connectivity index (χ3v) is 10.3. The van der Waals surface area contributed by atoms with Crippen molar-refractivity contribution >= 4 is 11.9 Å². The van der Waals surface area contributed by atoms with E-state index in [0.717, 1.165) is 69.8 Å². The monoisotopic (exact) mass is 648 g/mol. The molecular formula is C39H68O7. The highest BCUT2D eigenvalue weighted by Crippen LogP contribution is 2.35. The van der Waals surface area contributed by atoms with Crippen molar-refractivity contribution < 1.29 is 33.6 Å². The van der Waals surface area contributed by atoms with Crippen LogP contribution >= 0.6 is 0 Å². The van der Waals surface area contributed by atoms with Crippen LogP contribution in [0.1, 0.15) is 181 Å². The van der Waals surface area contributed by atoms with Gasteiger partial charge in [0.25, 0.3) is 0 Å². The maximum atomic E-state index is 11.8. The minimum absolute atomic E-state index is 0.0331. The molecule has 7 nitrogen and oxygen atoms in total. The Morgan fingerprint density at radius 3 is 1.80 bits per heavy atom. The van der Waals surface area contributed by atoms with E-state index in [2.05, 4.69) is 6.92 Å². The van der Waals surface area contributed by atoms with Crippen LogP contribution in [0.3, 0.4) is 0 Å². The van der Waals surface area contributed by atoms with E-state index in [4.69, 9.17) is 18.9 Å². The Balaban J connectivity index is 1.18. The Morgan fingerprint density at radius 1 is 0.761 bits per heavy atom. The second-order valence-corrected chi connectivity index (χ2v) is 14.4. The first kappa shape index (κ1) is 39.0. The molecule has 46 heavy (non-hydrogen) atoms. The fourth-order valence-corrected chi connectivity index (χ4v) is 7.58. The fourth-order valence-electron chi connectivity index (χ4n) is 7.58. The molecule has 0 aliphatic carbocycles. The maximum Gasteiger partial charge on any atom is 0.334 e. The molecule has 3 aliphatic rings. The van der Waals surface area contributed by atoms with Gasteiger partial charge in [-0.3, -0.25) is 4.79 Å². The van der Waals surface area contributed by atoms with E-state index >= 15 is 0 Å². The van der Waals surface area contributed by atoms with E-state index in [0.29, 0.717) is 0 Å². The Kier molecular flexibility index (Phi) is 19.5. The third kappa shape index (κ3) is 15.2. The molecule has 2 fully saturated rings. The van der Waals surface area contributed by atoms with Crippen molar-refractivity contribution in [1.82, 2.24) is 0 Å². The number of carbonyl (C=O) groups excluding carboxylic acids is 2. The number of ether oxygens (including phenoxy) is 4. The minimum Gasteiger partial charge on any atom is -0.460 e. The lowest BCUT2D eigenvalue weighted by atomic mass is 10.00. The van der Waals surface area contributed by atoms with Crippen LogP contribution in [0.4, 0.5) is 0 Å². The molecule has 0 aromatic carbocycles. The summed E-state index contributed by atoms with van der Waals surface area (Å²) >= 11 is 0. The number of carbonyl (C=O) groups is 2. The first-order valence-corrected chi connectivity index (χ1v) is 19.4. The molecule has 0 saturated carbocycles. The first-order chi connectivity index (χ1) is 22.4. The van der Waals surface area contributed by atoms with E-state index in [1.165, 1.54) is 103 Å². The number of esters is 2. The number of aliphatic hydroxyl groups is 1. The molecule has 0 aromatic heterocycles. The highest BCUT2D eigenvalue weighted by molar-refractivity contribution is 5.90. The zero-order valence-corrected chi connectivity index (χ0v) is 29.7. The van der Waals surface area contributed by atoms with Gasteiger partial charge in [0.1, 0.15) is 12.2 Å². The molecule has 2 unspecified atom stereocenters. The van der Waals surface area contributed by atoms with E-state index in [1.54, 1.807) is 0 Å². The van der Waals surface area contributed by atoms with Crippen LogP contribution < -0.4 is 0 Å². The van der Waals surface area contributed by atoms with Crippen molar-refractivity contribution in [1.29, 1.82) is 0 Å². The molecule has 0 bridgehead atoms. The highest BCUT2D eigenvalue weighted by Gasteiger charge is 2.41. The van der Waals surface area contributed by atoms with Crippen LogP contribution in [-0.2, 0) is 28.5 Å². The van der Waals surface area contributed by atoms with Crippen molar-refractivity contribution in [2.45, 2.75) is 224 Å². The van der Waals surface area contributed by atoms with Gasteiger partial charge in [0.05, 0.1) is 30.5 Å². The summed E-state index contributed by atoms with van der Waals surface area (Å²) in [6.45, 7) is 5.67. The van der Waals surface area contributed by atoms with Crippen molar-refractivity contribution in [2.24, 2.45) is 0 Å². The summed E-state index contributed by atoms with van der Waals surface area (Å²) in [6.07, 6.45) is 29.6. The lowest BCUT2D eigenvalue weighted by molar-refractivity contribution is -0.158. The molecule has 3 aliphatic heterocycles. The topological polar surface area (TPSA) is 91.3 Å². The van der Waals surface area contributed by atoms with Gasteiger partial charge in [-0.05, 0) is 70.8 Å². The Bertz CT molecular complexity index is 872. The molecule has 0 spiro atoms. The Morgan fingerprint density at radius 2 is 1.26 bits per heavy atom. The normalized spacial score (nSPS) is 25.9. The predicted octanol–water partition coefficient (Wildman–Crippen LogP) is 9.46. The summed E-state index contributed by atoms with van der Waals surface area (Å²) in [5.74, 6) is -0.342. The summed E-state index contributed by atoms with van der Waals surface area (Å²) in [5, 5.41) is 10.8. The quantitative estimate of drug-likeness (QED) is 0.0738. The highest BCUT2D eigenvalue weighted by atomic mass is 16.6. The molecule has 3 heterocycles. The number of hydrogen-bond acceptors (Lipinski definition) is 7. The van der Waals surface area contributed by atoms with E-state index in [-0.39, 0.29) is 48.6 Å². The van der Waals surface area contributed by atoms with Gasteiger partial charge in [-0.2, -0.15) is 0 Å².